The summed E-state index contributed by atoms with van der Waals surface area (Å²) in [5.74, 6) is -1.52. The van der Waals surface area contributed by atoms with Crippen LogP contribution in [0.3, 0.4) is 0 Å². The van der Waals surface area contributed by atoms with Crippen LogP contribution in [0, 0.1) is 0 Å². The smallest absolute Gasteiger partial charge is 0.459 e. The van der Waals surface area contributed by atoms with Gasteiger partial charge in [-0.05, 0) is 75.7 Å². The number of alkyl halides is 3. The molecule has 1 saturated carbocycles. The molecule has 2 fully saturated rings. The predicted molar refractivity (Wildman–Crippen MR) is 167 cm³/mol. The number of amides is 1. The van der Waals surface area contributed by atoms with Gasteiger partial charge in [-0.3, -0.25) is 24.0 Å². The van der Waals surface area contributed by atoms with Crippen molar-refractivity contribution in [3.8, 4) is 22.6 Å². The molecular formula is C33H33F3N6O5. The summed E-state index contributed by atoms with van der Waals surface area (Å²) in [5.41, 5.74) is 0.592. The summed E-state index contributed by atoms with van der Waals surface area (Å²) in [6, 6.07) is 10.2. The average Bonchev–Trinajstić information content (AvgIpc) is 3.84. The molecule has 0 radical (unpaired) electrons. The minimum Gasteiger partial charge on any atom is -0.459 e. The van der Waals surface area contributed by atoms with E-state index in [1.165, 1.54) is 29.2 Å². The van der Waals surface area contributed by atoms with Crippen LogP contribution in [0.1, 0.15) is 37.0 Å². The van der Waals surface area contributed by atoms with Crippen LogP contribution in [-0.2, 0) is 9.53 Å². The number of hydrogen-bond acceptors (Lipinski definition) is 9. The summed E-state index contributed by atoms with van der Waals surface area (Å²) < 4.78 is 50.6. The number of fused-ring (bicyclic) bond motifs is 1. The second kappa shape index (κ2) is 12.4. The largest absolute Gasteiger partial charge is 0.573 e. The van der Waals surface area contributed by atoms with Crippen molar-refractivity contribution in [2.75, 3.05) is 38.5 Å². The van der Waals surface area contributed by atoms with Crippen LogP contribution < -0.4 is 15.6 Å². The summed E-state index contributed by atoms with van der Waals surface area (Å²) in [7, 11) is 2.00. The van der Waals surface area contributed by atoms with Gasteiger partial charge in [-0.1, -0.05) is 6.07 Å². The van der Waals surface area contributed by atoms with Crippen molar-refractivity contribution in [3.63, 3.8) is 0 Å². The quantitative estimate of drug-likeness (QED) is 0.273. The van der Waals surface area contributed by atoms with Gasteiger partial charge in [0.15, 0.2) is 5.75 Å². The van der Waals surface area contributed by atoms with Crippen molar-refractivity contribution in [2.45, 2.75) is 44.7 Å². The first-order valence-corrected chi connectivity index (χ1v) is 15.2. The van der Waals surface area contributed by atoms with Crippen molar-refractivity contribution in [2.24, 2.45) is 0 Å². The highest BCUT2D eigenvalue weighted by Gasteiger charge is 2.55. The van der Waals surface area contributed by atoms with E-state index in [-0.39, 0.29) is 28.4 Å². The monoisotopic (exact) mass is 650 g/mol. The number of aromatic nitrogens is 3. The van der Waals surface area contributed by atoms with Gasteiger partial charge in [-0.2, -0.15) is 0 Å². The van der Waals surface area contributed by atoms with Crippen LogP contribution in [0.5, 0.6) is 5.75 Å². The Kier molecular flexibility index (Phi) is 8.49. The maximum Gasteiger partial charge on any atom is 0.573 e. The number of ether oxygens (including phenoxy) is 2. The fraction of sp³-hybridized carbons (Fsp3) is 0.364. The molecule has 11 nitrogen and oxygen atoms in total. The number of nitrogens with one attached hydrogen (secondary N) is 1. The summed E-state index contributed by atoms with van der Waals surface area (Å²) in [5, 5.41) is 2.91. The maximum atomic E-state index is 13.6. The van der Waals surface area contributed by atoms with Crippen LogP contribution in [0.2, 0.25) is 0 Å². The molecule has 2 aromatic heterocycles. The molecule has 246 valence electrons. The number of rotatable bonds is 8. The number of piperazine rings is 1. The lowest BCUT2D eigenvalue weighted by Gasteiger charge is -2.37. The van der Waals surface area contributed by atoms with Crippen LogP contribution >= 0.6 is 0 Å². The molecular weight excluding hydrogens is 617 g/mol. The number of esters is 1. The van der Waals surface area contributed by atoms with E-state index in [2.05, 4.69) is 29.8 Å². The molecule has 0 atom stereocenters. The van der Waals surface area contributed by atoms with E-state index < -0.39 is 35.1 Å². The standard InChI is InChI=1S/C33H33F3N6O5/c1-20(2)46-30(44)23-14-22(17-37-18-23)21-4-6-25-26(15-21)38-19-42(29(25)43)24-5-7-28(47-33(34,35)36)27(16-24)39-31(45)32(8-9-32)41-12-10-40(3)11-13-41/h4-7,14-20H,8-13H2,1-3H3,(H,39,45). The topological polar surface area (TPSA) is 119 Å². The second-order valence-electron chi connectivity index (χ2n) is 12.1. The Bertz CT molecular complexity index is 1900. The molecule has 47 heavy (non-hydrogen) atoms. The third-order valence-corrected chi connectivity index (χ3v) is 8.38. The molecule has 0 bridgehead atoms. The van der Waals surface area contributed by atoms with E-state index in [4.69, 9.17) is 4.74 Å². The van der Waals surface area contributed by atoms with E-state index in [1.807, 2.05) is 7.05 Å². The lowest BCUT2D eigenvalue weighted by Crippen LogP contribution is -2.54. The third-order valence-electron chi connectivity index (χ3n) is 8.38. The highest BCUT2D eigenvalue weighted by molar-refractivity contribution is 6.01. The number of hydrogen-bond donors (Lipinski definition) is 1. The molecule has 0 spiro atoms. The lowest BCUT2D eigenvalue weighted by molar-refractivity contribution is -0.274. The van der Waals surface area contributed by atoms with E-state index in [1.54, 1.807) is 44.3 Å². The van der Waals surface area contributed by atoms with Gasteiger partial charge in [0.25, 0.3) is 5.56 Å². The van der Waals surface area contributed by atoms with Crippen molar-refractivity contribution in [1.29, 1.82) is 0 Å². The Hall–Kier alpha value is -4.82. The van der Waals surface area contributed by atoms with Gasteiger partial charge in [0, 0.05) is 44.1 Å². The van der Waals surface area contributed by atoms with Crippen molar-refractivity contribution in [1.82, 2.24) is 24.3 Å². The number of nitrogens with zero attached hydrogens (tertiary/aromatic N) is 5. The summed E-state index contributed by atoms with van der Waals surface area (Å²) in [6.45, 7) is 6.39. The maximum absolute atomic E-state index is 13.6. The number of halogens is 3. The van der Waals surface area contributed by atoms with Gasteiger partial charge >= 0.3 is 12.3 Å². The molecule has 14 heteroatoms. The minimum atomic E-state index is -5.00. The van der Waals surface area contributed by atoms with Gasteiger partial charge in [0.2, 0.25) is 5.91 Å². The van der Waals surface area contributed by atoms with Gasteiger partial charge in [0.05, 0.1) is 33.9 Å². The molecule has 6 rings (SSSR count). The number of pyridine rings is 1. The molecule has 1 amide bonds. The first kappa shape index (κ1) is 32.1. The molecule has 2 aliphatic rings. The van der Waals surface area contributed by atoms with E-state index in [0.29, 0.717) is 42.6 Å². The molecule has 3 heterocycles. The van der Waals surface area contributed by atoms with Crippen LogP contribution in [0.15, 0.2) is 66.0 Å². The zero-order valence-corrected chi connectivity index (χ0v) is 26.0. The number of anilines is 1. The second-order valence-corrected chi connectivity index (χ2v) is 12.1. The number of benzene rings is 2. The number of likely N-dealkylation sites (N-methyl/N-ethyl adjacent to an activating group) is 1. The van der Waals surface area contributed by atoms with E-state index in [9.17, 15) is 27.6 Å². The zero-order valence-electron chi connectivity index (χ0n) is 26.0. The Balaban J connectivity index is 1.31. The lowest BCUT2D eigenvalue weighted by atomic mass is 10.0. The molecule has 1 aliphatic carbocycles. The fourth-order valence-corrected chi connectivity index (χ4v) is 5.73. The Morgan fingerprint density at radius 1 is 0.979 bits per heavy atom. The average molecular weight is 651 g/mol. The van der Waals surface area contributed by atoms with Gasteiger partial charge in [-0.15, -0.1) is 13.2 Å². The Morgan fingerprint density at radius 2 is 1.72 bits per heavy atom. The van der Waals surface area contributed by atoms with Gasteiger partial charge in [-0.25, -0.2) is 9.78 Å². The predicted octanol–water partition coefficient (Wildman–Crippen LogP) is 4.63. The van der Waals surface area contributed by atoms with E-state index >= 15 is 0 Å². The highest BCUT2D eigenvalue weighted by Crippen LogP contribution is 2.44. The zero-order chi connectivity index (χ0) is 33.5. The first-order chi connectivity index (χ1) is 22.3. The first-order valence-electron chi connectivity index (χ1n) is 15.2. The summed E-state index contributed by atoms with van der Waals surface area (Å²) in [4.78, 5) is 52.3. The van der Waals surface area contributed by atoms with Crippen LogP contribution in [-0.4, -0.2) is 87.4 Å². The highest BCUT2D eigenvalue weighted by atomic mass is 19.4. The normalized spacial score (nSPS) is 16.7. The van der Waals surface area contributed by atoms with Crippen LogP contribution in [0.25, 0.3) is 27.7 Å². The Labute approximate surface area is 267 Å². The van der Waals surface area contributed by atoms with Gasteiger partial charge < -0.3 is 19.7 Å². The summed E-state index contributed by atoms with van der Waals surface area (Å²) in [6.07, 6.45) is 0.136. The van der Waals surface area contributed by atoms with Crippen LogP contribution in [0.4, 0.5) is 18.9 Å². The molecule has 1 N–H and O–H groups in total. The molecule has 2 aromatic carbocycles. The van der Waals surface area contributed by atoms with Crippen molar-refractivity contribution in [3.05, 3.63) is 77.1 Å². The molecule has 1 aliphatic heterocycles. The number of carbonyl (C=O) groups excluding carboxylic acids is 2. The van der Waals surface area contributed by atoms with Crippen molar-refractivity contribution >= 4 is 28.5 Å². The molecule has 1 saturated heterocycles. The SMILES string of the molecule is CC(C)OC(=O)c1cncc(-c2ccc3c(=O)n(-c4ccc(OC(F)(F)F)c(NC(=O)C5(N6CCN(C)CC6)CC5)c4)cnc3c2)c1. The van der Waals surface area contributed by atoms with Crippen molar-refractivity contribution < 1.29 is 32.2 Å². The Morgan fingerprint density at radius 3 is 2.40 bits per heavy atom. The van der Waals surface area contributed by atoms with Gasteiger partial charge in [0.1, 0.15) is 11.9 Å². The summed E-state index contributed by atoms with van der Waals surface area (Å²) >= 11 is 0. The number of carbonyl (C=O) groups is 2. The molecule has 0 unspecified atom stereocenters. The molecule has 4 aromatic rings. The minimum absolute atomic E-state index is 0.184. The third kappa shape index (κ3) is 6.83. The fourth-order valence-electron chi connectivity index (χ4n) is 5.73. The van der Waals surface area contributed by atoms with E-state index in [0.717, 1.165) is 19.2 Å².